The summed E-state index contributed by atoms with van der Waals surface area (Å²) in [7, 11) is 0. The summed E-state index contributed by atoms with van der Waals surface area (Å²) in [6, 6.07) is 10.4. The molecule has 1 aromatic carbocycles. The minimum atomic E-state index is -0.292. The minimum Gasteiger partial charge on any atom is -0.332 e. The van der Waals surface area contributed by atoms with Crippen LogP contribution >= 0.6 is 11.3 Å². The van der Waals surface area contributed by atoms with Crippen LogP contribution in [0, 0.1) is 18.7 Å². The maximum absolute atomic E-state index is 13.4. The molecule has 1 heterocycles. The van der Waals surface area contributed by atoms with Gasteiger partial charge in [-0.15, -0.1) is 11.3 Å². The second-order valence-electron chi connectivity index (χ2n) is 8.24. The van der Waals surface area contributed by atoms with E-state index < -0.39 is 0 Å². The van der Waals surface area contributed by atoms with Crippen LogP contribution in [0.1, 0.15) is 54.8 Å². The Morgan fingerprint density at radius 3 is 2.37 bits per heavy atom. The second kappa shape index (κ2) is 10.2. The fourth-order valence-corrected chi connectivity index (χ4v) is 4.51. The lowest BCUT2D eigenvalue weighted by Gasteiger charge is -2.36. The molecular weight excluding hydrogens is 399 g/mol. The van der Waals surface area contributed by atoms with Gasteiger partial charge in [-0.2, -0.15) is 0 Å². The molecule has 1 aliphatic rings. The van der Waals surface area contributed by atoms with Crippen molar-refractivity contribution in [2.45, 2.75) is 65.6 Å². The summed E-state index contributed by atoms with van der Waals surface area (Å²) in [5, 5.41) is 0. The Kier molecular flexibility index (Phi) is 7.64. The summed E-state index contributed by atoms with van der Waals surface area (Å²) in [4.78, 5) is 32.2. The molecule has 6 heteroatoms. The third kappa shape index (κ3) is 5.69. The molecule has 2 aromatic rings. The molecule has 1 saturated carbocycles. The molecule has 0 saturated heterocycles. The highest BCUT2D eigenvalue weighted by Crippen LogP contribution is 2.29. The Morgan fingerprint density at radius 1 is 1.13 bits per heavy atom. The van der Waals surface area contributed by atoms with Gasteiger partial charge in [-0.3, -0.25) is 9.59 Å². The number of thiophene rings is 1. The van der Waals surface area contributed by atoms with Gasteiger partial charge in [0.1, 0.15) is 12.4 Å². The molecule has 0 N–H and O–H groups in total. The van der Waals surface area contributed by atoms with Crippen molar-refractivity contribution >= 4 is 23.2 Å². The van der Waals surface area contributed by atoms with E-state index in [0.717, 1.165) is 36.1 Å². The predicted octanol–water partition coefficient (Wildman–Crippen LogP) is 5.15. The van der Waals surface area contributed by atoms with Crippen LogP contribution in [0.4, 0.5) is 4.39 Å². The molecule has 0 radical (unpaired) electrons. The van der Waals surface area contributed by atoms with E-state index in [4.69, 9.17) is 0 Å². The number of aryl methyl sites for hydroxylation is 1. The second-order valence-corrected chi connectivity index (χ2v) is 9.61. The van der Waals surface area contributed by atoms with Crippen molar-refractivity contribution in [2.24, 2.45) is 5.92 Å². The fraction of sp³-hybridized carbons (Fsp3) is 0.500. The molecule has 1 aliphatic carbocycles. The number of nitrogens with zero attached hydrogens (tertiary/aromatic N) is 2. The number of rotatable bonds is 9. The monoisotopic (exact) mass is 430 g/mol. The van der Waals surface area contributed by atoms with Gasteiger partial charge >= 0.3 is 0 Å². The van der Waals surface area contributed by atoms with Crippen LogP contribution in [-0.2, 0) is 22.7 Å². The average molecular weight is 431 g/mol. The number of benzene rings is 1. The number of carbonyl (C=O) groups is 2. The summed E-state index contributed by atoms with van der Waals surface area (Å²) in [5.41, 5.74) is 0.874. The highest BCUT2D eigenvalue weighted by atomic mass is 32.1. The topological polar surface area (TPSA) is 40.6 Å². The van der Waals surface area contributed by atoms with Gasteiger partial charge in [0.15, 0.2) is 0 Å². The number of amides is 2. The Hall–Kier alpha value is -2.21. The van der Waals surface area contributed by atoms with E-state index in [1.54, 1.807) is 33.3 Å². The fourth-order valence-electron chi connectivity index (χ4n) is 3.61. The van der Waals surface area contributed by atoms with E-state index in [9.17, 15) is 14.0 Å². The van der Waals surface area contributed by atoms with Gasteiger partial charge in [-0.05, 0) is 62.9 Å². The van der Waals surface area contributed by atoms with Crippen LogP contribution in [0.3, 0.4) is 0 Å². The van der Waals surface area contributed by atoms with Crippen LogP contribution in [0.5, 0.6) is 0 Å². The zero-order valence-electron chi connectivity index (χ0n) is 18.1. The molecule has 2 amide bonds. The molecule has 0 bridgehead atoms. The van der Waals surface area contributed by atoms with E-state index in [2.05, 4.69) is 0 Å². The number of hydrogen-bond acceptors (Lipinski definition) is 3. The first-order valence-electron chi connectivity index (χ1n) is 10.8. The zero-order valence-corrected chi connectivity index (χ0v) is 18.9. The van der Waals surface area contributed by atoms with Crippen molar-refractivity contribution in [1.82, 2.24) is 9.80 Å². The van der Waals surface area contributed by atoms with Gasteiger partial charge in [-0.25, -0.2) is 4.39 Å². The number of halogens is 1. The maximum Gasteiger partial charge on any atom is 0.242 e. The van der Waals surface area contributed by atoms with Crippen molar-refractivity contribution in [3.63, 3.8) is 0 Å². The summed E-state index contributed by atoms with van der Waals surface area (Å²) < 4.78 is 13.3. The van der Waals surface area contributed by atoms with Gasteiger partial charge < -0.3 is 9.80 Å². The first-order chi connectivity index (χ1) is 14.4. The summed E-state index contributed by atoms with van der Waals surface area (Å²) in [6.07, 6.45) is 3.75. The molecule has 1 fully saturated rings. The van der Waals surface area contributed by atoms with E-state index in [0.29, 0.717) is 13.1 Å². The number of hydrogen-bond donors (Lipinski definition) is 0. The Labute approximate surface area is 182 Å². The zero-order chi connectivity index (χ0) is 21.7. The van der Waals surface area contributed by atoms with Gasteiger partial charge in [0.25, 0.3) is 0 Å². The largest absolute Gasteiger partial charge is 0.332 e. The smallest absolute Gasteiger partial charge is 0.242 e. The van der Waals surface area contributed by atoms with Gasteiger partial charge in [-0.1, -0.05) is 25.5 Å². The van der Waals surface area contributed by atoms with Crippen molar-refractivity contribution < 1.29 is 14.0 Å². The molecule has 0 spiro atoms. The molecule has 4 nitrogen and oxygen atoms in total. The van der Waals surface area contributed by atoms with Crippen LogP contribution in [0.25, 0.3) is 0 Å². The lowest BCUT2D eigenvalue weighted by Crippen LogP contribution is -2.49. The number of carbonyl (C=O) groups excluding carboxylic acids is 2. The van der Waals surface area contributed by atoms with Gasteiger partial charge in [0.05, 0.1) is 6.54 Å². The third-order valence-corrected chi connectivity index (χ3v) is 6.93. The quantitative estimate of drug-likeness (QED) is 0.552. The molecule has 1 aromatic heterocycles. The van der Waals surface area contributed by atoms with Crippen molar-refractivity contribution in [1.29, 1.82) is 0 Å². The first kappa shape index (κ1) is 22.5. The molecule has 30 heavy (non-hydrogen) atoms. The van der Waals surface area contributed by atoms with E-state index in [-0.39, 0.29) is 36.1 Å². The standard InChI is InChI=1S/C24H31FN2O2S/c1-4-17(2)27(24(29)20-6-5-7-20)16-23(28)26(15-22-13-8-18(3)30-22)14-19-9-11-21(25)12-10-19/h8-13,17,20H,4-7,14-16H2,1-3H3/t17-/m1/s1. The van der Waals surface area contributed by atoms with Crippen molar-refractivity contribution in [3.8, 4) is 0 Å². The van der Waals surface area contributed by atoms with Gasteiger partial charge in [0, 0.05) is 28.3 Å². The highest BCUT2D eigenvalue weighted by Gasteiger charge is 2.33. The normalized spacial score (nSPS) is 14.8. The predicted molar refractivity (Wildman–Crippen MR) is 119 cm³/mol. The molecule has 3 rings (SSSR count). The highest BCUT2D eigenvalue weighted by molar-refractivity contribution is 7.11. The van der Waals surface area contributed by atoms with Crippen LogP contribution in [0.2, 0.25) is 0 Å². The molecular formula is C24H31FN2O2S. The summed E-state index contributed by atoms with van der Waals surface area (Å²) >= 11 is 1.67. The van der Waals surface area contributed by atoms with Gasteiger partial charge in [0.2, 0.25) is 11.8 Å². The Bertz CT molecular complexity index is 860. The Morgan fingerprint density at radius 2 is 1.83 bits per heavy atom. The van der Waals surface area contributed by atoms with E-state index >= 15 is 0 Å². The minimum absolute atomic E-state index is 0.0266. The third-order valence-electron chi connectivity index (χ3n) is 5.95. The summed E-state index contributed by atoms with van der Waals surface area (Å²) in [5.74, 6) is -0.187. The van der Waals surface area contributed by atoms with E-state index in [1.165, 1.54) is 17.0 Å². The first-order valence-corrected chi connectivity index (χ1v) is 11.6. The molecule has 162 valence electrons. The average Bonchev–Trinajstić information content (AvgIpc) is 3.09. The lowest BCUT2D eigenvalue weighted by molar-refractivity contribution is -0.147. The Balaban J connectivity index is 1.77. The maximum atomic E-state index is 13.4. The van der Waals surface area contributed by atoms with E-state index in [1.807, 2.05) is 32.9 Å². The lowest BCUT2D eigenvalue weighted by atomic mass is 9.84. The van der Waals surface area contributed by atoms with Crippen molar-refractivity contribution in [2.75, 3.05) is 6.54 Å². The molecule has 0 unspecified atom stereocenters. The van der Waals surface area contributed by atoms with Crippen molar-refractivity contribution in [3.05, 3.63) is 57.5 Å². The summed E-state index contributed by atoms with van der Waals surface area (Å²) in [6.45, 7) is 7.07. The SMILES string of the molecule is CC[C@@H](C)N(CC(=O)N(Cc1ccc(F)cc1)Cc1ccc(C)s1)C(=O)C1CCC1. The van der Waals surface area contributed by atoms with Crippen LogP contribution < -0.4 is 0 Å². The molecule has 0 aliphatic heterocycles. The molecule has 1 atom stereocenters. The van der Waals surface area contributed by atoms with Crippen LogP contribution in [0.15, 0.2) is 36.4 Å². The van der Waals surface area contributed by atoms with Crippen LogP contribution in [-0.4, -0.2) is 34.2 Å².